The maximum atomic E-state index is 12.3. The zero-order chi connectivity index (χ0) is 17.4. The summed E-state index contributed by atoms with van der Waals surface area (Å²) < 4.78 is 5.33. The molecule has 1 atom stereocenters. The van der Waals surface area contributed by atoms with Gasteiger partial charge in [0.15, 0.2) is 0 Å². The standard InChI is InChI=1S/C19H25N3O2/c1-4-22(5-2)18(16-7-6-8-17(13-16)24-3)14-21-19(23)15-9-11-20-12-10-15/h6-13,18H,4-5,14H2,1-3H3,(H,21,23). The summed E-state index contributed by atoms with van der Waals surface area (Å²) in [6, 6.07) is 11.5. The van der Waals surface area contributed by atoms with Crippen molar-refractivity contribution in [2.24, 2.45) is 0 Å². The number of carbonyl (C=O) groups excluding carboxylic acids is 1. The Bertz CT molecular complexity index is 642. The van der Waals surface area contributed by atoms with E-state index in [2.05, 4.69) is 35.1 Å². The van der Waals surface area contributed by atoms with Crippen molar-refractivity contribution < 1.29 is 9.53 Å². The molecule has 5 nitrogen and oxygen atoms in total. The highest BCUT2D eigenvalue weighted by Crippen LogP contribution is 2.23. The number of pyridine rings is 1. The van der Waals surface area contributed by atoms with Gasteiger partial charge in [-0.05, 0) is 42.9 Å². The summed E-state index contributed by atoms with van der Waals surface area (Å²) in [7, 11) is 1.66. The molecule has 0 aliphatic heterocycles. The van der Waals surface area contributed by atoms with E-state index in [9.17, 15) is 4.79 Å². The summed E-state index contributed by atoms with van der Waals surface area (Å²) in [5.41, 5.74) is 1.75. The Balaban J connectivity index is 2.16. The van der Waals surface area contributed by atoms with E-state index in [1.54, 1.807) is 31.6 Å². The third-order valence-corrected chi connectivity index (χ3v) is 4.13. The van der Waals surface area contributed by atoms with E-state index in [1.807, 2.05) is 18.2 Å². The highest BCUT2D eigenvalue weighted by Gasteiger charge is 2.19. The third-order valence-electron chi connectivity index (χ3n) is 4.13. The van der Waals surface area contributed by atoms with Crippen molar-refractivity contribution >= 4 is 5.91 Å². The minimum Gasteiger partial charge on any atom is -0.497 e. The van der Waals surface area contributed by atoms with Crippen LogP contribution in [-0.4, -0.2) is 42.5 Å². The van der Waals surface area contributed by atoms with E-state index in [4.69, 9.17) is 4.74 Å². The smallest absolute Gasteiger partial charge is 0.251 e. The molecular weight excluding hydrogens is 302 g/mol. The van der Waals surface area contributed by atoms with Crippen molar-refractivity contribution in [3.8, 4) is 5.75 Å². The van der Waals surface area contributed by atoms with Crippen LogP contribution in [0, 0.1) is 0 Å². The number of amides is 1. The molecule has 2 aromatic rings. The summed E-state index contributed by atoms with van der Waals surface area (Å²) in [4.78, 5) is 18.6. The number of hydrogen-bond donors (Lipinski definition) is 1. The Morgan fingerprint density at radius 2 is 1.92 bits per heavy atom. The minimum atomic E-state index is -0.0857. The zero-order valence-electron chi connectivity index (χ0n) is 14.5. The van der Waals surface area contributed by atoms with Crippen LogP contribution in [0.25, 0.3) is 0 Å². The first-order valence-corrected chi connectivity index (χ1v) is 8.25. The first-order chi connectivity index (χ1) is 11.7. The average molecular weight is 327 g/mol. The summed E-state index contributed by atoms with van der Waals surface area (Å²) in [5, 5.41) is 3.03. The summed E-state index contributed by atoms with van der Waals surface area (Å²) in [6.07, 6.45) is 3.25. The molecule has 2 rings (SSSR count). The molecule has 0 spiro atoms. The Hall–Kier alpha value is -2.40. The molecule has 5 heteroatoms. The number of aromatic nitrogens is 1. The molecule has 0 aliphatic rings. The molecule has 1 aromatic heterocycles. The minimum absolute atomic E-state index is 0.0857. The molecule has 0 aliphatic carbocycles. The Morgan fingerprint density at radius 3 is 2.54 bits per heavy atom. The first kappa shape index (κ1) is 17.9. The topological polar surface area (TPSA) is 54.5 Å². The van der Waals surface area contributed by atoms with Crippen LogP contribution >= 0.6 is 0 Å². The van der Waals surface area contributed by atoms with Crippen molar-refractivity contribution in [3.63, 3.8) is 0 Å². The van der Waals surface area contributed by atoms with Crippen molar-refractivity contribution in [2.75, 3.05) is 26.7 Å². The molecule has 1 N–H and O–H groups in total. The molecule has 1 heterocycles. The molecule has 0 radical (unpaired) electrons. The van der Waals surface area contributed by atoms with Crippen molar-refractivity contribution in [2.45, 2.75) is 19.9 Å². The predicted molar refractivity (Wildman–Crippen MR) is 95.2 cm³/mol. The van der Waals surface area contributed by atoms with Crippen molar-refractivity contribution in [1.29, 1.82) is 0 Å². The molecule has 0 saturated carbocycles. The van der Waals surface area contributed by atoms with Crippen molar-refractivity contribution in [3.05, 3.63) is 59.9 Å². The number of ether oxygens (including phenoxy) is 1. The number of nitrogens with one attached hydrogen (secondary N) is 1. The van der Waals surface area contributed by atoms with E-state index >= 15 is 0 Å². The van der Waals surface area contributed by atoms with Crippen molar-refractivity contribution in [1.82, 2.24) is 15.2 Å². The average Bonchev–Trinajstić information content (AvgIpc) is 2.65. The number of likely N-dealkylation sites (N-methyl/N-ethyl adjacent to an activating group) is 1. The Kier molecular flexibility index (Phi) is 6.75. The van der Waals surface area contributed by atoms with Gasteiger partial charge in [0.25, 0.3) is 5.91 Å². The lowest BCUT2D eigenvalue weighted by Gasteiger charge is -2.30. The van der Waals surface area contributed by atoms with E-state index in [1.165, 1.54) is 0 Å². The van der Waals surface area contributed by atoms with Gasteiger partial charge in [0, 0.05) is 24.5 Å². The molecule has 0 bridgehead atoms. The maximum absolute atomic E-state index is 12.3. The van der Waals surface area contributed by atoms with Crippen LogP contribution in [-0.2, 0) is 0 Å². The van der Waals surface area contributed by atoms with E-state index < -0.39 is 0 Å². The predicted octanol–water partition coefficient (Wildman–Crippen LogP) is 2.90. The molecule has 0 saturated heterocycles. The SMILES string of the molecule is CCN(CC)C(CNC(=O)c1ccncc1)c1cccc(OC)c1. The van der Waals surface area contributed by atoms with Gasteiger partial charge >= 0.3 is 0 Å². The first-order valence-electron chi connectivity index (χ1n) is 8.25. The van der Waals surface area contributed by atoms with Gasteiger partial charge in [-0.2, -0.15) is 0 Å². The van der Waals surface area contributed by atoms with Gasteiger partial charge < -0.3 is 10.1 Å². The van der Waals surface area contributed by atoms with E-state index in [0.29, 0.717) is 12.1 Å². The molecule has 24 heavy (non-hydrogen) atoms. The number of nitrogens with zero attached hydrogens (tertiary/aromatic N) is 2. The largest absolute Gasteiger partial charge is 0.497 e. The highest BCUT2D eigenvalue weighted by molar-refractivity contribution is 5.93. The second kappa shape index (κ2) is 9.03. The summed E-state index contributed by atoms with van der Waals surface area (Å²) >= 11 is 0. The fourth-order valence-electron chi connectivity index (χ4n) is 2.77. The fraction of sp³-hybridized carbons (Fsp3) is 0.368. The molecule has 0 fully saturated rings. The van der Waals surface area contributed by atoms with Crippen LogP contribution < -0.4 is 10.1 Å². The lowest BCUT2D eigenvalue weighted by molar-refractivity contribution is 0.0935. The lowest BCUT2D eigenvalue weighted by atomic mass is 10.0. The second-order valence-electron chi connectivity index (χ2n) is 5.46. The number of carbonyl (C=O) groups is 1. The Labute approximate surface area is 143 Å². The second-order valence-corrected chi connectivity index (χ2v) is 5.46. The monoisotopic (exact) mass is 327 g/mol. The molecule has 1 aromatic carbocycles. The third kappa shape index (κ3) is 4.55. The maximum Gasteiger partial charge on any atom is 0.251 e. The van der Waals surface area contributed by atoms with Crippen LogP contribution in [0.1, 0.15) is 35.8 Å². The summed E-state index contributed by atoms with van der Waals surface area (Å²) in [5.74, 6) is 0.738. The van der Waals surface area contributed by atoms with E-state index in [-0.39, 0.29) is 11.9 Å². The van der Waals surface area contributed by atoms with Gasteiger partial charge in [-0.1, -0.05) is 26.0 Å². The number of rotatable bonds is 8. The van der Waals surface area contributed by atoms with Gasteiger partial charge in [0.05, 0.1) is 13.2 Å². The van der Waals surface area contributed by atoms with Gasteiger partial charge in [-0.3, -0.25) is 14.7 Å². The number of benzene rings is 1. The fourth-order valence-corrected chi connectivity index (χ4v) is 2.77. The molecule has 128 valence electrons. The highest BCUT2D eigenvalue weighted by atomic mass is 16.5. The van der Waals surface area contributed by atoms with Crippen LogP contribution in [0.4, 0.5) is 0 Å². The van der Waals surface area contributed by atoms with E-state index in [0.717, 1.165) is 24.4 Å². The Morgan fingerprint density at radius 1 is 1.21 bits per heavy atom. The molecule has 1 unspecified atom stereocenters. The van der Waals surface area contributed by atoms with Gasteiger partial charge in [0.2, 0.25) is 0 Å². The summed E-state index contributed by atoms with van der Waals surface area (Å²) in [6.45, 7) is 6.60. The molecule has 1 amide bonds. The van der Waals surface area contributed by atoms with Gasteiger partial charge in [-0.15, -0.1) is 0 Å². The van der Waals surface area contributed by atoms with Crippen LogP contribution in [0.15, 0.2) is 48.8 Å². The lowest BCUT2D eigenvalue weighted by Crippen LogP contribution is -2.38. The molecular formula is C19H25N3O2. The number of hydrogen-bond acceptors (Lipinski definition) is 4. The van der Waals surface area contributed by atoms with Crippen LogP contribution in [0.5, 0.6) is 5.75 Å². The van der Waals surface area contributed by atoms with Gasteiger partial charge in [0.1, 0.15) is 5.75 Å². The number of methoxy groups -OCH3 is 1. The van der Waals surface area contributed by atoms with Crippen LogP contribution in [0.2, 0.25) is 0 Å². The van der Waals surface area contributed by atoms with Gasteiger partial charge in [-0.25, -0.2) is 0 Å². The quantitative estimate of drug-likeness (QED) is 0.810. The zero-order valence-corrected chi connectivity index (χ0v) is 14.5. The van der Waals surface area contributed by atoms with Crippen LogP contribution in [0.3, 0.4) is 0 Å². The normalized spacial score (nSPS) is 12.0.